The Kier molecular flexibility index (Phi) is 4.57. The van der Waals surface area contributed by atoms with Crippen LogP contribution in [0.2, 0.25) is 0 Å². The summed E-state index contributed by atoms with van der Waals surface area (Å²) in [6, 6.07) is 0. The standard InChI is InChI=1S/C8H16N2O/c1-4-7(6(2)3)8(5-9)11-10/h2,4-5,9-10H2,1,3H3/b8-7-. The third-order valence-electron chi connectivity index (χ3n) is 1.53. The zero-order valence-corrected chi connectivity index (χ0v) is 7.18. The summed E-state index contributed by atoms with van der Waals surface area (Å²) >= 11 is 0. The number of nitrogens with two attached hydrogens (primary N) is 2. The van der Waals surface area contributed by atoms with Crippen molar-refractivity contribution in [1.29, 1.82) is 0 Å². The monoisotopic (exact) mass is 156 g/mol. The minimum absolute atomic E-state index is 0.326. The van der Waals surface area contributed by atoms with Gasteiger partial charge in [-0.1, -0.05) is 19.1 Å². The SMILES string of the molecule is C=C(C)/C(CC)=C(/CN)ON. The molecule has 0 rings (SSSR count). The fourth-order valence-electron chi connectivity index (χ4n) is 0.979. The van der Waals surface area contributed by atoms with Gasteiger partial charge in [-0.25, -0.2) is 0 Å². The quantitative estimate of drug-likeness (QED) is 0.363. The molecule has 0 aliphatic rings. The molecule has 0 fully saturated rings. The van der Waals surface area contributed by atoms with Gasteiger partial charge in [0, 0.05) is 0 Å². The topological polar surface area (TPSA) is 61.3 Å². The third kappa shape index (κ3) is 2.74. The van der Waals surface area contributed by atoms with Gasteiger partial charge in [-0.05, 0) is 18.9 Å². The van der Waals surface area contributed by atoms with Crippen molar-refractivity contribution in [2.75, 3.05) is 6.54 Å². The van der Waals surface area contributed by atoms with E-state index in [0.29, 0.717) is 12.3 Å². The number of allylic oxidation sites excluding steroid dienone is 2. The van der Waals surface area contributed by atoms with Gasteiger partial charge >= 0.3 is 0 Å². The average Bonchev–Trinajstić information content (AvgIpc) is 1.99. The van der Waals surface area contributed by atoms with Gasteiger partial charge in [0.15, 0.2) is 0 Å². The van der Waals surface area contributed by atoms with E-state index in [9.17, 15) is 0 Å². The molecule has 0 aliphatic carbocycles. The largest absolute Gasteiger partial charge is 0.414 e. The molecule has 0 unspecified atom stereocenters. The summed E-state index contributed by atoms with van der Waals surface area (Å²) in [6.07, 6.45) is 0.846. The van der Waals surface area contributed by atoms with Crippen LogP contribution in [0.1, 0.15) is 20.3 Å². The van der Waals surface area contributed by atoms with Crippen molar-refractivity contribution in [1.82, 2.24) is 0 Å². The molecule has 0 aromatic heterocycles. The van der Waals surface area contributed by atoms with Crippen molar-refractivity contribution in [3.63, 3.8) is 0 Å². The predicted molar refractivity (Wildman–Crippen MR) is 46.5 cm³/mol. The maximum Gasteiger partial charge on any atom is 0.140 e. The Morgan fingerprint density at radius 2 is 2.09 bits per heavy atom. The van der Waals surface area contributed by atoms with E-state index < -0.39 is 0 Å². The highest BCUT2D eigenvalue weighted by Gasteiger charge is 2.04. The van der Waals surface area contributed by atoms with Crippen LogP contribution in [0.4, 0.5) is 0 Å². The molecule has 3 nitrogen and oxygen atoms in total. The van der Waals surface area contributed by atoms with Crippen molar-refractivity contribution < 1.29 is 4.84 Å². The molecule has 0 heterocycles. The van der Waals surface area contributed by atoms with Crippen LogP contribution in [-0.4, -0.2) is 6.54 Å². The molecule has 4 N–H and O–H groups in total. The van der Waals surface area contributed by atoms with E-state index in [1.165, 1.54) is 0 Å². The zero-order chi connectivity index (χ0) is 8.85. The molecule has 64 valence electrons. The fourth-order valence-corrected chi connectivity index (χ4v) is 0.979. The Labute approximate surface area is 67.7 Å². The van der Waals surface area contributed by atoms with Crippen molar-refractivity contribution >= 4 is 0 Å². The van der Waals surface area contributed by atoms with Crippen LogP contribution in [0.15, 0.2) is 23.5 Å². The van der Waals surface area contributed by atoms with Crippen molar-refractivity contribution in [2.45, 2.75) is 20.3 Å². The number of hydrogen-bond donors (Lipinski definition) is 2. The lowest BCUT2D eigenvalue weighted by Gasteiger charge is -2.09. The smallest absolute Gasteiger partial charge is 0.140 e. The minimum Gasteiger partial charge on any atom is -0.414 e. The van der Waals surface area contributed by atoms with Crippen molar-refractivity contribution in [2.24, 2.45) is 11.6 Å². The summed E-state index contributed by atoms with van der Waals surface area (Å²) in [7, 11) is 0. The van der Waals surface area contributed by atoms with E-state index in [1.807, 2.05) is 13.8 Å². The highest BCUT2D eigenvalue weighted by atomic mass is 16.6. The van der Waals surface area contributed by atoms with Crippen molar-refractivity contribution in [3.8, 4) is 0 Å². The molecule has 0 aromatic rings. The summed E-state index contributed by atoms with van der Waals surface area (Å²) in [5, 5.41) is 0. The van der Waals surface area contributed by atoms with Crippen LogP contribution < -0.4 is 11.6 Å². The van der Waals surface area contributed by atoms with E-state index in [-0.39, 0.29) is 0 Å². The molecule has 0 amide bonds. The summed E-state index contributed by atoms with van der Waals surface area (Å²) in [6.45, 7) is 8.04. The Hall–Kier alpha value is -0.800. The molecule has 0 aliphatic heterocycles. The van der Waals surface area contributed by atoms with Gasteiger partial charge in [0.05, 0.1) is 6.54 Å². The molecule has 0 aromatic carbocycles. The molecule has 0 atom stereocenters. The molecule has 0 radical (unpaired) electrons. The second-order valence-corrected chi connectivity index (χ2v) is 2.36. The molecule has 3 heteroatoms. The molecule has 0 bridgehead atoms. The first-order valence-electron chi connectivity index (χ1n) is 3.62. The van der Waals surface area contributed by atoms with E-state index >= 15 is 0 Å². The van der Waals surface area contributed by atoms with Crippen LogP contribution in [0.25, 0.3) is 0 Å². The number of rotatable bonds is 4. The van der Waals surface area contributed by atoms with Crippen LogP contribution in [0.3, 0.4) is 0 Å². The highest BCUT2D eigenvalue weighted by Crippen LogP contribution is 2.15. The van der Waals surface area contributed by atoms with Crippen LogP contribution in [0.5, 0.6) is 0 Å². The first-order chi connectivity index (χ1) is 5.17. The summed E-state index contributed by atoms with van der Waals surface area (Å²) in [5.74, 6) is 5.64. The Bertz CT molecular complexity index is 167. The van der Waals surface area contributed by atoms with Crippen molar-refractivity contribution in [3.05, 3.63) is 23.5 Å². The van der Waals surface area contributed by atoms with Gasteiger partial charge in [-0.2, -0.15) is 5.90 Å². The number of hydrogen-bond acceptors (Lipinski definition) is 3. The van der Waals surface area contributed by atoms with Gasteiger partial charge in [0.25, 0.3) is 0 Å². The molecular formula is C8H16N2O. The summed E-state index contributed by atoms with van der Waals surface area (Å²) in [4.78, 5) is 4.61. The van der Waals surface area contributed by atoms with Crippen LogP contribution in [-0.2, 0) is 4.84 Å². The molecule has 0 saturated carbocycles. The second-order valence-electron chi connectivity index (χ2n) is 2.36. The van der Waals surface area contributed by atoms with Gasteiger partial charge in [0.2, 0.25) is 0 Å². The molecular weight excluding hydrogens is 140 g/mol. The maximum atomic E-state index is 5.39. The van der Waals surface area contributed by atoms with E-state index in [2.05, 4.69) is 11.4 Å². The average molecular weight is 156 g/mol. The minimum atomic E-state index is 0.326. The van der Waals surface area contributed by atoms with Crippen LogP contribution >= 0.6 is 0 Å². The summed E-state index contributed by atoms with van der Waals surface area (Å²) < 4.78 is 0. The Morgan fingerprint density at radius 3 is 2.18 bits per heavy atom. The fraction of sp³-hybridized carbons (Fsp3) is 0.500. The molecule has 0 spiro atoms. The zero-order valence-electron chi connectivity index (χ0n) is 7.18. The molecule has 11 heavy (non-hydrogen) atoms. The third-order valence-corrected chi connectivity index (χ3v) is 1.53. The van der Waals surface area contributed by atoms with E-state index in [0.717, 1.165) is 17.6 Å². The highest BCUT2D eigenvalue weighted by molar-refractivity contribution is 5.29. The van der Waals surface area contributed by atoms with Gasteiger partial charge in [-0.3, -0.25) is 0 Å². The van der Waals surface area contributed by atoms with Gasteiger partial charge in [-0.15, -0.1) is 0 Å². The van der Waals surface area contributed by atoms with E-state index in [1.54, 1.807) is 0 Å². The maximum absolute atomic E-state index is 5.39. The van der Waals surface area contributed by atoms with Gasteiger partial charge in [0.1, 0.15) is 5.76 Å². The molecule has 0 saturated heterocycles. The predicted octanol–water partition coefficient (Wildman–Crippen LogP) is 1.08. The first-order valence-corrected chi connectivity index (χ1v) is 3.62. The van der Waals surface area contributed by atoms with Crippen LogP contribution in [0, 0.1) is 0 Å². The normalized spacial score (nSPS) is 12.4. The first kappa shape index (κ1) is 10.2. The lowest BCUT2D eigenvalue weighted by atomic mass is 10.1. The second kappa shape index (κ2) is 4.93. The Morgan fingerprint density at radius 1 is 1.55 bits per heavy atom. The summed E-state index contributed by atoms with van der Waals surface area (Å²) in [5.41, 5.74) is 7.36. The van der Waals surface area contributed by atoms with E-state index in [4.69, 9.17) is 11.6 Å². The lowest BCUT2D eigenvalue weighted by Crippen LogP contribution is -2.13. The lowest BCUT2D eigenvalue weighted by molar-refractivity contribution is 0.213. The van der Waals surface area contributed by atoms with Gasteiger partial charge < -0.3 is 10.6 Å². The Balaban J connectivity index is 4.62.